The number of hydrogen-bond donors (Lipinski definition) is 1. The Bertz CT molecular complexity index is 918. The van der Waals surface area contributed by atoms with E-state index in [9.17, 15) is 26.4 Å². The number of carbonyl (C=O) groups is 1. The normalized spacial score (nSPS) is 13.2. The van der Waals surface area contributed by atoms with Gasteiger partial charge in [0.2, 0.25) is 10.0 Å². The first-order valence-corrected chi connectivity index (χ1v) is 9.41. The quantitative estimate of drug-likeness (QED) is 0.725. The van der Waals surface area contributed by atoms with Gasteiger partial charge in [0, 0.05) is 0 Å². The highest BCUT2D eigenvalue weighted by Crippen LogP contribution is 2.35. The summed E-state index contributed by atoms with van der Waals surface area (Å²) in [7, 11) is -3.36. The third-order valence-corrected chi connectivity index (χ3v) is 5.42. The molecule has 0 amide bonds. The summed E-state index contributed by atoms with van der Waals surface area (Å²) >= 11 is 5.51. The number of nitrogens with one attached hydrogen (secondary N) is 1. The predicted octanol–water partition coefficient (Wildman–Crippen LogP) is 3.42. The van der Waals surface area contributed by atoms with Crippen molar-refractivity contribution in [2.45, 2.75) is 23.5 Å². The van der Waals surface area contributed by atoms with Crippen molar-refractivity contribution in [1.29, 1.82) is 0 Å². The largest absolute Gasteiger partial charge is 0.468 e. The number of carbonyl (C=O) groups excluding carboxylic acids is 1. The van der Waals surface area contributed by atoms with Gasteiger partial charge < -0.3 is 4.74 Å². The molecule has 0 saturated carbocycles. The Balaban J connectivity index is 2.35. The van der Waals surface area contributed by atoms with E-state index in [0.717, 1.165) is 19.2 Å². The van der Waals surface area contributed by atoms with Crippen LogP contribution in [0.15, 0.2) is 53.4 Å². The Hall–Kier alpha value is -2.10. The second kappa shape index (κ2) is 8.28. The molecule has 1 atom stereocenters. The van der Waals surface area contributed by atoms with Gasteiger partial charge in [0.05, 0.1) is 22.6 Å². The van der Waals surface area contributed by atoms with Gasteiger partial charge in [-0.15, -0.1) is 0 Å². The number of halogens is 4. The topological polar surface area (TPSA) is 72.5 Å². The molecule has 146 valence electrons. The molecule has 0 heterocycles. The molecule has 0 aromatic heterocycles. The Morgan fingerprint density at radius 3 is 2.37 bits per heavy atom. The van der Waals surface area contributed by atoms with E-state index in [4.69, 9.17) is 11.6 Å². The minimum absolute atomic E-state index is 0.0353. The highest BCUT2D eigenvalue weighted by molar-refractivity contribution is 7.89. The summed E-state index contributed by atoms with van der Waals surface area (Å²) in [4.78, 5) is 11.3. The molecule has 0 fully saturated rings. The maximum Gasteiger partial charge on any atom is 0.417 e. The number of alkyl halides is 3. The van der Waals surface area contributed by atoms with E-state index in [1.807, 2.05) is 0 Å². The maximum absolute atomic E-state index is 13.0. The van der Waals surface area contributed by atoms with E-state index in [-0.39, 0.29) is 6.42 Å². The molecule has 0 aliphatic rings. The molecule has 2 aromatic carbocycles. The Kier molecular flexibility index (Phi) is 6.50. The van der Waals surface area contributed by atoms with Crippen LogP contribution in [0.4, 0.5) is 13.2 Å². The fourth-order valence-corrected chi connectivity index (χ4v) is 3.74. The van der Waals surface area contributed by atoms with Gasteiger partial charge in [-0.3, -0.25) is 4.79 Å². The molecular formula is C17H15ClF3NO4S. The molecule has 1 N–H and O–H groups in total. The summed E-state index contributed by atoms with van der Waals surface area (Å²) < 4.78 is 70.6. The van der Waals surface area contributed by atoms with E-state index < -0.39 is 43.7 Å². The van der Waals surface area contributed by atoms with Gasteiger partial charge in [-0.25, -0.2) is 8.42 Å². The van der Waals surface area contributed by atoms with Crippen molar-refractivity contribution in [1.82, 2.24) is 4.72 Å². The van der Waals surface area contributed by atoms with Crippen LogP contribution in [0.3, 0.4) is 0 Å². The van der Waals surface area contributed by atoms with Crippen LogP contribution >= 0.6 is 11.6 Å². The number of benzene rings is 2. The van der Waals surface area contributed by atoms with E-state index >= 15 is 0 Å². The van der Waals surface area contributed by atoms with Crippen LogP contribution in [0, 0.1) is 0 Å². The number of ether oxygens (including phenoxy) is 1. The number of rotatable bonds is 6. The zero-order chi connectivity index (χ0) is 20.2. The first kappa shape index (κ1) is 21.2. The van der Waals surface area contributed by atoms with Crippen LogP contribution < -0.4 is 4.72 Å². The zero-order valence-electron chi connectivity index (χ0n) is 14.0. The van der Waals surface area contributed by atoms with Gasteiger partial charge in [-0.05, 0) is 30.2 Å². The molecule has 0 saturated heterocycles. The number of hydrogen-bond acceptors (Lipinski definition) is 4. The van der Waals surface area contributed by atoms with Gasteiger partial charge in [0.1, 0.15) is 6.04 Å². The molecule has 0 aliphatic heterocycles. The molecule has 0 radical (unpaired) electrons. The predicted molar refractivity (Wildman–Crippen MR) is 92.7 cm³/mol. The average molecular weight is 422 g/mol. The lowest BCUT2D eigenvalue weighted by Crippen LogP contribution is -2.43. The van der Waals surface area contributed by atoms with E-state index in [2.05, 4.69) is 9.46 Å². The van der Waals surface area contributed by atoms with Crippen LogP contribution in [-0.4, -0.2) is 27.5 Å². The van der Waals surface area contributed by atoms with Gasteiger partial charge in [0.25, 0.3) is 0 Å². The fraction of sp³-hybridized carbons (Fsp3) is 0.235. The number of sulfonamides is 1. The minimum atomic E-state index is -4.82. The van der Waals surface area contributed by atoms with Crippen molar-refractivity contribution < 1.29 is 31.1 Å². The summed E-state index contributed by atoms with van der Waals surface area (Å²) in [6.45, 7) is 0. The van der Waals surface area contributed by atoms with Crippen molar-refractivity contribution in [2.75, 3.05) is 7.11 Å². The highest BCUT2D eigenvalue weighted by Gasteiger charge is 2.35. The SMILES string of the molecule is COC(=O)[C@H](Cc1ccccc1)NS(=O)(=O)c1ccc(Cl)c(C(F)(F)F)c1. The molecule has 0 spiro atoms. The third-order valence-electron chi connectivity index (χ3n) is 3.62. The molecule has 5 nitrogen and oxygen atoms in total. The van der Waals surface area contributed by atoms with Crippen LogP contribution in [0.1, 0.15) is 11.1 Å². The van der Waals surface area contributed by atoms with Crippen LogP contribution in [0.25, 0.3) is 0 Å². The highest BCUT2D eigenvalue weighted by atomic mass is 35.5. The van der Waals surface area contributed by atoms with E-state index in [0.29, 0.717) is 11.6 Å². The molecule has 2 rings (SSSR count). The van der Waals surface area contributed by atoms with Crippen LogP contribution in [0.5, 0.6) is 0 Å². The molecular weight excluding hydrogens is 407 g/mol. The smallest absolute Gasteiger partial charge is 0.417 e. The summed E-state index contributed by atoms with van der Waals surface area (Å²) in [5.74, 6) is -0.868. The number of methoxy groups -OCH3 is 1. The van der Waals surface area contributed by atoms with Crippen molar-refractivity contribution >= 4 is 27.6 Å². The number of esters is 1. The second-order valence-corrected chi connectivity index (χ2v) is 7.65. The first-order chi connectivity index (χ1) is 12.5. The van der Waals surface area contributed by atoms with Gasteiger partial charge in [0.15, 0.2) is 0 Å². The molecule has 10 heteroatoms. The van der Waals surface area contributed by atoms with Crippen LogP contribution in [-0.2, 0) is 32.2 Å². The standard InChI is InChI=1S/C17H15ClF3NO4S/c1-26-16(23)15(9-11-5-3-2-4-6-11)22-27(24,25)12-7-8-14(18)13(10-12)17(19,20)21/h2-8,10,15,22H,9H2,1H3/t15-/m0/s1. The summed E-state index contributed by atoms with van der Waals surface area (Å²) in [6.07, 6.45) is -4.86. The van der Waals surface area contributed by atoms with Gasteiger partial charge in [-0.1, -0.05) is 41.9 Å². The fourth-order valence-electron chi connectivity index (χ4n) is 2.31. The van der Waals surface area contributed by atoms with Gasteiger partial charge >= 0.3 is 12.1 Å². The van der Waals surface area contributed by atoms with Crippen molar-refractivity contribution in [3.63, 3.8) is 0 Å². The van der Waals surface area contributed by atoms with Crippen molar-refractivity contribution in [3.05, 3.63) is 64.7 Å². The van der Waals surface area contributed by atoms with E-state index in [1.54, 1.807) is 30.3 Å². The maximum atomic E-state index is 13.0. The summed E-state index contributed by atoms with van der Waals surface area (Å²) in [5.41, 5.74) is -0.646. The second-order valence-electron chi connectivity index (χ2n) is 5.53. The van der Waals surface area contributed by atoms with E-state index in [1.165, 1.54) is 0 Å². The van der Waals surface area contributed by atoms with Crippen LogP contribution in [0.2, 0.25) is 5.02 Å². The van der Waals surface area contributed by atoms with Crippen molar-refractivity contribution in [3.8, 4) is 0 Å². The van der Waals surface area contributed by atoms with Crippen molar-refractivity contribution in [2.24, 2.45) is 0 Å². The summed E-state index contributed by atoms with van der Waals surface area (Å²) in [5, 5.41) is -0.629. The monoisotopic (exact) mass is 421 g/mol. The molecule has 0 unspecified atom stereocenters. The lowest BCUT2D eigenvalue weighted by atomic mass is 10.1. The molecule has 0 aliphatic carbocycles. The molecule has 27 heavy (non-hydrogen) atoms. The third kappa shape index (κ3) is 5.44. The van der Waals surface area contributed by atoms with Gasteiger partial charge in [-0.2, -0.15) is 17.9 Å². The summed E-state index contributed by atoms with van der Waals surface area (Å²) in [6, 6.07) is 9.37. The first-order valence-electron chi connectivity index (χ1n) is 7.55. The Morgan fingerprint density at radius 1 is 1.19 bits per heavy atom. The lowest BCUT2D eigenvalue weighted by Gasteiger charge is -2.18. The Labute approximate surface area is 159 Å². The average Bonchev–Trinajstić information content (AvgIpc) is 2.60. The lowest BCUT2D eigenvalue weighted by molar-refractivity contribution is -0.142. The minimum Gasteiger partial charge on any atom is -0.468 e. The Morgan fingerprint density at radius 2 is 1.81 bits per heavy atom. The zero-order valence-corrected chi connectivity index (χ0v) is 15.5. The molecule has 2 aromatic rings. The molecule has 0 bridgehead atoms.